The maximum Gasteiger partial charge on any atom is 0.255 e. The molecule has 1 aliphatic carbocycles. The Balaban J connectivity index is 0.00000288. The Morgan fingerprint density at radius 1 is 1.21 bits per heavy atom. The molecule has 0 aliphatic heterocycles. The van der Waals surface area contributed by atoms with Crippen LogP contribution in [0.15, 0.2) is 29.3 Å². The molecule has 0 saturated heterocycles. The Morgan fingerprint density at radius 3 is 2.58 bits per heavy atom. The molecule has 1 aromatic carbocycles. The maximum absolute atomic E-state index is 10.7. The van der Waals surface area contributed by atoms with Gasteiger partial charge in [-0.05, 0) is 30.5 Å². The molecule has 7 heteroatoms. The Labute approximate surface area is 160 Å². The molecule has 0 atom stereocenters. The van der Waals surface area contributed by atoms with Gasteiger partial charge in [-0.25, -0.2) is 4.99 Å². The van der Waals surface area contributed by atoms with Gasteiger partial charge in [-0.3, -0.25) is 4.79 Å². The quantitative estimate of drug-likeness (QED) is 0.270. The standard InChI is InChI=1S/C17H26N4O2.HI/c18-16(22)12-23-15-9-5-6-13(10-15)11-20-17(19)21-14-7-3-1-2-4-8-14;/h5-6,9-10,14H,1-4,7-8,11-12H2,(H2,18,22)(H3,19,20,21);1H. The van der Waals surface area contributed by atoms with Crippen molar-refractivity contribution in [3.8, 4) is 5.75 Å². The van der Waals surface area contributed by atoms with Gasteiger partial charge in [0.2, 0.25) is 0 Å². The minimum absolute atomic E-state index is 0. The molecule has 0 aromatic heterocycles. The molecule has 1 aromatic rings. The third kappa shape index (κ3) is 7.85. The molecule has 0 radical (unpaired) electrons. The summed E-state index contributed by atoms with van der Waals surface area (Å²) in [4.78, 5) is 15.1. The number of carbonyl (C=O) groups excluding carboxylic acids is 1. The van der Waals surface area contributed by atoms with Crippen LogP contribution in [0.25, 0.3) is 0 Å². The normalized spacial score (nSPS) is 15.9. The first kappa shape index (κ1) is 20.5. The number of guanidine groups is 1. The number of rotatable bonds is 6. The van der Waals surface area contributed by atoms with Crippen LogP contribution in [0.1, 0.15) is 44.1 Å². The second kappa shape index (κ2) is 11.1. The van der Waals surface area contributed by atoms with Crippen molar-refractivity contribution in [1.29, 1.82) is 0 Å². The number of primary amides is 1. The predicted molar refractivity (Wildman–Crippen MR) is 106 cm³/mol. The highest BCUT2D eigenvalue weighted by Gasteiger charge is 2.12. The third-order valence-electron chi connectivity index (χ3n) is 3.92. The van der Waals surface area contributed by atoms with Crippen molar-refractivity contribution < 1.29 is 9.53 Å². The molecule has 1 amide bonds. The van der Waals surface area contributed by atoms with E-state index in [9.17, 15) is 4.79 Å². The minimum Gasteiger partial charge on any atom is -0.484 e. The second-order valence-electron chi connectivity index (χ2n) is 5.94. The van der Waals surface area contributed by atoms with Crippen LogP contribution in [0.5, 0.6) is 5.75 Å². The van der Waals surface area contributed by atoms with Gasteiger partial charge < -0.3 is 21.5 Å². The van der Waals surface area contributed by atoms with Crippen molar-refractivity contribution in [2.75, 3.05) is 6.61 Å². The summed E-state index contributed by atoms with van der Waals surface area (Å²) in [7, 11) is 0. The highest BCUT2D eigenvalue weighted by atomic mass is 127. The van der Waals surface area contributed by atoms with E-state index in [0.717, 1.165) is 18.4 Å². The summed E-state index contributed by atoms with van der Waals surface area (Å²) in [6.07, 6.45) is 7.45. The maximum atomic E-state index is 10.7. The van der Waals surface area contributed by atoms with Crippen molar-refractivity contribution in [2.45, 2.75) is 51.1 Å². The molecule has 1 aliphatic rings. The first-order valence-electron chi connectivity index (χ1n) is 8.20. The molecule has 6 nitrogen and oxygen atoms in total. The number of nitrogens with zero attached hydrogens (tertiary/aromatic N) is 1. The summed E-state index contributed by atoms with van der Waals surface area (Å²) in [5.74, 6) is 0.595. The molecule has 0 heterocycles. The summed E-state index contributed by atoms with van der Waals surface area (Å²) >= 11 is 0. The number of aliphatic imine (C=N–C) groups is 1. The first-order valence-corrected chi connectivity index (χ1v) is 8.20. The van der Waals surface area contributed by atoms with E-state index in [4.69, 9.17) is 16.2 Å². The van der Waals surface area contributed by atoms with Crippen molar-refractivity contribution in [2.24, 2.45) is 16.5 Å². The smallest absolute Gasteiger partial charge is 0.255 e. The molecule has 24 heavy (non-hydrogen) atoms. The fourth-order valence-corrected chi connectivity index (χ4v) is 2.74. The zero-order chi connectivity index (χ0) is 16.5. The van der Waals surface area contributed by atoms with Crippen LogP contribution < -0.4 is 21.5 Å². The molecular weight excluding hydrogens is 419 g/mol. The lowest BCUT2D eigenvalue weighted by Crippen LogP contribution is -2.39. The number of nitrogens with two attached hydrogens (primary N) is 2. The van der Waals surface area contributed by atoms with Gasteiger partial charge in [0.25, 0.3) is 5.91 Å². The van der Waals surface area contributed by atoms with Crippen LogP contribution in [0.2, 0.25) is 0 Å². The number of benzene rings is 1. The number of amides is 1. The van der Waals surface area contributed by atoms with E-state index in [1.165, 1.54) is 25.7 Å². The average molecular weight is 446 g/mol. The van der Waals surface area contributed by atoms with Crippen LogP contribution in [0, 0.1) is 0 Å². The van der Waals surface area contributed by atoms with E-state index >= 15 is 0 Å². The Bertz CT molecular complexity index is 543. The van der Waals surface area contributed by atoms with Crippen LogP contribution in [-0.4, -0.2) is 24.5 Å². The molecular formula is C17H27IN4O2. The molecule has 1 saturated carbocycles. The van der Waals surface area contributed by atoms with Gasteiger partial charge in [-0.1, -0.05) is 37.8 Å². The van der Waals surface area contributed by atoms with Crippen LogP contribution in [0.4, 0.5) is 0 Å². The molecule has 0 bridgehead atoms. The topological polar surface area (TPSA) is 103 Å². The fraction of sp³-hybridized carbons (Fsp3) is 0.529. The highest BCUT2D eigenvalue weighted by molar-refractivity contribution is 14.0. The molecule has 134 valence electrons. The number of hydrogen-bond donors (Lipinski definition) is 3. The largest absolute Gasteiger partial charge is 0.484 e. The SMILES string of the molecule is I.NC(=O)COc1cccc(CN=C(N)NC2CCCCCC2)c1. The molecule has 1 fully saturated rings. The lowest BCUT2D eigenvalue weighted by molar-refractivity contribution is -0.119. The van der Waals surface area contributed by atoms with Crippen molar-refractivity contribution >= 4 is 35.8 Å². The summed E-state index contributed by atoms with van der Waals surface area (Å²) < 4.78 is 5.28. The van der Waals surface area contributed by atoms with Gasteiger partial charge in [-0.2, -0.15) is 0 Å². The monoisotopic (exact) mass is 446 g/mol. The van der Waals surface area contributed by atoms with E-state index in [2.05, 4.69) is 10.3 Å². The van der Waals surface area contributed by atoms with Crippen molar-refractivity contribution in [3.05, 3.63) is 29.8 Å². The first-order chi connectivity index (χ1) is 11.1. The lowest BCUT2D eigenvalue weighted by Gasteiger charge is -2.16. The van der Waals surface area contributed by atoms with E-state index in [-0.39, 0.29) is 30.6 Å². The second-order valence-corrected chi connectivity index (χ2v) is 5.94. The number of nitrogens with one attached hydrogen (secondary N) is 1. The van der Waals surface area contributed by atoms with E-state index < -0.39 is 5.91 Å². The van der Waals surface area contributed by atoms with Gasteiger partial charge in [0.15, 0.2) is 12.6 Å². The van der Waals surface area contributed by atoms with Gasteiger partial charge in [0, 0.05) is 6.04 Å². The van der Waals surface area contributed by atoms with Gasteiger partial charge >= 0.3 is 0 Å². The van der Waals surface area contributed by atoms with Crippen LogP contribution >= 0.6 is 24.0 Å². The van der Waals surface area contributed by atoms with Crippen molar-refractivity contribution in [3.63, 3.8) is 0 Å². The minimum atomic E-state index is -0.495. The van der Waals surface area contributed by atoms with E-state index in [0.29, 0.717) is 24.3 Å². The van der Waals surface area contributed by atoms with Crippen molar-refractivity contribution in [1.82, 2.24) is 5.32 Å². The zero-order valence-corrected chi connectivity index (χ0v) is 16.2. The third-order valence-corrected chi connectivity index (χ3v) is 3.92. The zero-order valence-electron chi connectivity index (χ0n) is 13.9. The summed E-state index contributed by atoms with van der Waals surface area (Å²) in [5, 5.41) is 3.32. The summed E-state index contributed by atoms with van der Waals surface area (Å²) in [5.41, 5.74) is 12.0. The highest BCUT2D eigenvalue weighted by Crippen LogP contribution is 2.17. The number of hydrogen-bond acceptors (Lipinski definition) is 3. The van der Waals surface area contributed by atoms with Gasteiger partial charge in [0.05, 0.1) is 6.54 Å². The molecule has 2 rings (SSSR count). The van der Waals surface area contributed by atoms with E-state index in [1.807, 2.05) is 18.2 Å². The number of carbonyl (C=O) groups is 1. The number of halogens is 1. The van der Waals surface area contributed by atoms with Crippen LogP contribution in [-0.2, 0) is 11.3 Å². The molecule has 0 spiro atoms. The lowest BCUT2D eigenvalue weighted by atomic mass is 10.1. The number of ether oxygens (including phenoxy) is 1. The Kier molecular flexibility index (Phi) is 9.51. The van der Waals surface area contributed by atoms with Gasteiger partial charge in [-0.15, -0.1) is 24.0 Å². The van der Waals surface area contributed by atoms with Gasteiger partial charge in [0.1, 0.15) is 5.75 Å². The Morgan fingerprint density at radius 2 is 1.92 bits per heavy atom. The average Bonchev–Trinajstić information content (AvgIpc) is 2.80. The fourth-order valence-electron chi connectivity index (χ4n) is 2.74. The van der Waals surface area contributed by atoms with Crippen LogP contribution in [0.3, 0.4) is 0 Å². The summed E-state index contributed by atoms with van der Waals surface area (Å²) in [6.45, 7) is 0.345. The summed E-state index contributed by atoms with van der Waals surface area (Å²) in [6, 6.07) is 7.86. The Hall–Kier alpha value is -1.51. The molecule has 5 N–H and O–H groups in total. The van der Waals surface area contributed by atoms with E-state index in [1.54, 1.807) is 6.07 Å². The molecule has 0 unspecified atom stereocenters. The predicted octanol–water partition coefficient (Wildman–Crippen LogP) is 2.30.